The van der Waals surface area contributed by atoms with Crippen molar-refractivity contribution in [1.82, 2.24) is 9.97 Å². The van der Waals surface area contributed by atoms with Gasteiger partial charge in [-0.15, -0.1) is 0 Å². The van der Waals surface area contributed by atoms with Gasteiger partial charge in [-0.3, -0.25) is 4.79 Å². The molecule has 90 valence electrons. The summed E-state index contributed by atoms with van der Waals surface area (Å²) in [5, 5.41) is 0.292. The van der Waals surface area contributed by atoms with Gasteiger partial charge in [-0.05, 0) is 30.9 Å². The number of ketones is 1. The van der Waals surface area contributed by atoms with Crippen molar-refractivity contribution >= 4 is 23.2 Å². The molecule has 0 saturated carbocycles. The van der Waals surface area contributed by atoms with Crippen LogP contribution in [0.15, 0.2) is 0 Å². The summed E-state index contributed by atoms with van der Waals surface area (Å²) in [5.41, 5.74) is 1.90. The standard InChI is InChI=1S/C12H14ClN3O/c1-2-8-7-6-10(17)9-4-3-5-16(9)11(7)15-12(13)14-8/h9H,2-6H2,1H3. The SMILES string of the molecule is CCc1nc(Cl)nc2c1CC(=O)C1CCCN21. The van der Waals surface area contributed by atoms with Crippen LogP contribution in [-0.4, -0.2) is 28.3 Å². The van der Waals surface area contributed by atoms with Gasteiger partial charge in [-0.25, -0.2) is 9.97 Å². The second kappa shape index (κ2) is 3.95. The molecule has 1 saturated heterocycles. The highest BCUT2D eigenvalue weighted by molar-refractivity contribution is 6.28. The molecule has 1 aromatic rings. The Morgan fingerprint density at radius 1 is 1.47 bits per heavy atom. The molecule has 2 aliphatic heterocycles. The van der Waals surface area contributed by atoms with Crippen molar-refractivity contribution in [2.75, 3.05) is 11.4 Å². The number of fused-ring (bicyclic) bond motifs is 3. The number of nitrogens with zero attached hydrogens (tertiary/aromatic N) is 3. The van der Waals surface area contributed by atoms with Crippen LogP contribution in [-0.2, 0) is 17.6 Å². The highest BCUT2D eigenvalue weighted by atomic mass is 35.5. The van der Waals surface area contributed by atoms with E-state index in [1.165, 1.54) is 0 Å². The van der Waals surface area contributed by atoms with Crippen LogP contribution in [0.3, 0.4) is 0 Å². The minimum absolute atomic E-state index is 0.0261. The average molecular weight is 252 g/mol. The van der Waals surface area contributed by atoms with E-state index in [4.69, 9.17) is 11.6 Å². The molecule has 3 heterocycles. The first-order valence-corrected chi connectivity index (χ1v) is 6.43. The van der Waals surface area contributed by atoms with Crippen LogP contribution in [0, 0.1) is 0 Å². The summed E-state index contributed by atoms with van der Waals surface area (Å²) in [6.45, 7) is 2.93. The molecule has 1 aromatic heterocycles. The van der Waals surface area contributed by atoms with Gasteiger partial charge in [-0.1, -0.05) is 6.92 Å². The molecule has 4 nitrogen and oxygen atoms in total. The largest absolute Gasteiger partial charge is 0.346 e. The molecule has 17 heavy (non-hydrogen) atoms. The van der Waals surface area contributed by atoms with Crippen LogP contribution in [0.1, 0.15) is 31.0 Å². The summed E-state index contributed by atoms with van der Waals surface area (Å²) in [4.78, 5) is 22.7. The molecule has 1 unspecified atom stereocenters. The molecule has 0 spiro atoms. The number of Topliss-reactive ketones (excluding diaryl/α,β-unsaturated/α-hetero) is 1. The predicted octanol–water partition coefficient (Wildman–Crippen LogP) is 1.79. The van der Waals surface area contributed by atoms with E-state index in [0.29, 0.717) is 17.5 Å². The van der Waals surface area contributed by atoms with Crippen molar-refractivity contribution in [2.45, 2.75) is 38.6 Å². The van der Waals surface area contributed by atoms with Gasteiger partial charge < -0.3 is 4.90 Å². The first-order valence-electron chi connectivity index (χ1n) is 6.05. The van der Waals surface area contributed by atoms with Crippen molar-refractivity contribution in [3.05, 3.63) is 16.5 Å². The minimum atomic E-state index is 0.0261. The third-order valence-corrected chi connectivity index (χ3v) is 3.80. The number of hydrogen-bond acceptors (Lipinski definition) is 4. The molecule has 0 N–H and O–H groups in total. The Labute approximate surface area is 105 Å². The van der Waals surface area contributed by atoms with Crippen molar-refractivity contribution in [3.8, 4) is 0 Å². The van der Waals surface area contributed by atoms with E-state index in [1.54, 1.807) is 0 Å². The van der Waals surface area contributed by atoms with Gasteiger partial charge >= 0.3 is 0 Å². The zero-order valence-electron chi connectivity index (χ0n) is 9.74. The van der Waals surface area contributed by atoms with E-state index in [-0.39, 0.29) is 6.04 Å². The van der Waals surface area contributed by atoms with Gasteiger partial charge in [0.1, 0.15) is 5.82 Å². The third-order valence-electron chi connectivity index (χ3n) is 3.63. The molecule has 0 radical (unpaired) electrons. The Hall–Kier alpha value is -1.16. The second-order valence-corrected chi connectivity index (χ2v) is 4.93. The Kier molecular flexibility index (Phi) is 2.54. The number of carbonyl (C=O) groups is 1. The van der Waals surface area contributed by atoms with E-state index in [2.05, 4.69) is 14.9 Å². The third kappa shape index (κ3) is 1.62. The van der Waals surface area contributed by atoms with Crippen LogP contribution >= 0.6 is 11.6 Å². The number of halogens is 1. The fraction of sp³-hybridized carbons (Fsp3) is 0.583. The second-order valence-electron chi connectivity index (χ2n) is 4.59. The van der Waals surface area contributed by atoms with Gasteiger partial charge in [0.2, 0.25) is 5.28 Å². The highest BCUT2D eigenvalue weighted by Gasteiger charge is 2.38. The van der Waals surface area contributed by atoms with Crippen molar-refractivity contribution in [2.24, 2.45) is 0 Å². The molecule has 0 aromatic carbocycles. The maximum atomic E-state index is 12.1. The summed E-state index contributed by atoms with van der Waals surface area (Å²) < 4.78 is 0. The lowest BCUT2D eigenvalue weighted by molar-refractivity contribution is -0.119. The van der Waals surface area contributed by atoms with E-state index in [9.17, 15) is 4.79 Å². The first-order chi connectivity index (χ1) is 8.20. The van der Waals surface area contributed by atoms with Crippen LogP contribution < -0.4 is 4.90 Å². The lowest BCUT2D eigenvalue weighted by atomic mass is 9.96. The van der Waals surface area contributed by atoms with Gasteiger partial charge in [0.15, 0.2) is 5.78 Å². The molecule has 2 aliphatic rings. The van der Waals surface area contributed by atoms with Crippen LogP contribution in [0.25, 0.3) is 0 Å². The smallest absolute Gasteiger partial charge is 0.224 e. The fourth-order valence-electron chi connectivity index (χ4n) is 2.85. The van der Waals surface area contributed by atoms with Crippen molar-refractivity contribution < 1.29 is 4.79 Å². The molecule has 5 heteroatoms. The monoisotopic (exact) mass is 251 g/mol. The molecule has 0 amide bonds. The summed E-state index contributed by atoms with van der Waals surface area (Å²) in [6.07, 6.45) is 3.26. The highest BCUT2D eigenvalue weighted by Crippen LogP contribution is 2.35. The Morgan fingerprint density at radius 2 is 2.29 bits per heavy atom. The fourth-order valence-corrected chi connectivity index (χ4v) is 3.03. The maximum absolute atomic E-state index is 12.1. The number of rotatable bonds is 1. The molecular formula is C12H14ClN3O. The minimum Gasteiger partial charge on any atom is -0.346 e. The number of carbonyl (C=O) groups excluding carboxylic acids is 1. The topological polar surface area (TPSA) is 46.1 Å². The maximum Gasteiger partial charge on any atom is 0.224 e. The Morgan fingerprint density at radius 3 is 3.06 bits per heavy atom. The van der Waals surface area contributed by atoms with Crippen LogP contribution in [0.2, 0.25) is 5.28 Å². The summed E-state index contributed by atoms with van der Waals surface area (Å²) >= 11 is 5.95. The molecule has 3 rings (SSSR count). The molecule has 0 aliphatic carbocycles. The van der Waals surface area contributed by atoms with Crippen LogP contribution in [0.5, 0.6) is 0 Å². The zero-order chi connectivity index (χ0) is 12.0. The van der Waals surface area contributed by atoms with Gasteiger partial charge in [0.25, 0.3) is 0 Å². The molecule has 1 atom stereocenters. The summed E-state index contributed by atoms with van der Waals surface area (Å²) in [7, 11) is 0. The summed E-state index contributed by atoms with van der Waals surface area (Å²) in [6, 6.07) is 0.0261. The number of aryl methyl sites for hydroxylation is 1. The van der Waals surface area contributed by atoms with Gasteiger partial charge in [0, 0.05) is 18.5 Å². The normalized spacial score (nSPS) is 22.6. The van der Waals surface area contributed by atoms with E-state index in [0.717, 1.165) is 42.9 Å². The summed E-state index contributed by atoms with van der Waals surface area (Å²) in [5.74, 6) is 1.19. The predicted molar refractivity (Wildman–Crippen MR) is 65.5 cm³/mol. The van der Waals surface area contributed by atoms with E-state index >= 15 is 0 Å². The average Bonchev–Trinajstić information content (AvgIpc) is 2.79. The Bertz CT molecular complexity index is 489. The van der Waals surface area contributed by atoms with E-state index < -0.39 is 0 Å². The quantitative estimate of drug-likeness (QED) is 0.714. The molecule has 0 bridgehead atoms. The lowest BCUT2D eigenvalue weighted by Gasteiger charge is -2.32. The molecule has 1 fully saturated rings. The van der Waals surface area contributed by atoms with Gasteiger partial charge in [-0.2, -0.15) is 0 Å². The van der Waals surface area contributed by atoms with E-state index in [1.807, 2.05) is 6.92 Å². The first kappa shape index (κ1) is 11.0. The number of aromatic nitrogens is 2. The number of anilines is 1. The zero-order valence-corrected chi connectivity index (χ0v) is 10.5. The molecular weight excluding hydrogens is 238 g/mol. The lowest BCUT2D eigenvalue weighted by Crippen LogP contribution is -2.42. The Balaban J connectivity index is 2.16. The number of hydrogen-bond donors (Lipinski definition) is 0. The van der Waals surface area contributed by atoms with Crippen molar-refractivity contribution in [1.29, 1.82) is 0 Å². The van der Waals surface area contributed by atoms with Crippen LogP contribution in [0.4, 0.5) is 5.82 Å². The van der Waals surface area contributed by atoms with Crippen molar-refractivity contribution in [3.63, 3.8) is 0 Å². The van der Waals surface area contributed by atoms with Gasteiger partial charge in [0.05, 0.1) is 11.7 Å².